The van der Waals surface area contributed by atoms with Gasteiger partial charge >= 0.3 is 0 Å². The van der Waals surface area contributed by atoms with E-state index in [0.29, 0.717) is 11.3 Å². The van der Waals surface area contributed by atoms with Crippen LogP contribution in [0.15, 0.2) is 76.4 Å². The second-order valence-electron chi connectivity index (χ2n) is 5.94. The van der Waals surface area contributed by atoms with Crippen LogP contribution in [-0.2, 0) is 6.42 Å². The minimum Gasteiger partial charge on any atom is -0.318 e. The van der Waals surface area contributed by atoms with Gasteiger partial charge in [-0.2, -0.15) is 9.78 Å². The van der Waals surface area contributed by atoms with Crippen LogP contribution < -0.4 is 11.1 Å². The third-order valence-electron chi connectivity index (χ3n) is 4.13. The molecule has 7 nitrogen and oxygen atoms in total. The smallest absolute Gasteiger partial charge is 0.299 e. The van der Waals surface area contributed by atoms with Gasteiger partial charge in [0.2, 0.25) is 0 Å². The summed E-state index contributed by atoms with van der Waals surface area (Å²) in [4.78, 5) is 44.2. The van der Waals surface area contributed by atoms with Crippen LogP contribution in [0.3, 0.4) is 0 Å². The van der Waals surface area contributed by atoms with Gasteiger partial charge in [-0.15, -0.1) is 0 Å². The van der Waals surface area contributed by atoms with Crippen molar-refractivity contribution >= 4 is 16.8 Å². The SMILES string of the molecule is O=C(Cc1nc2c(=O)n(-c3ccccc3)ncc2[nH]c1=O)c1ccccc1. The molecule has 0 amide bonds. The highest BCUT2D eigenvalue weighted by Gasteiger charge is 2.15. The second-order valence-corrected chi connectivity index (χ2v) is 5.94. The van der Waals surface area contributed by atoms with Gasteiger partial charge in [0.15, 0.2) is 11.3 Å². The summed E-state index contributed by atoms with van der Waals surface area (Å²) >= 11 is 0. The third-order valence-corrected chi connectivity index (χ3v) is 4.13. The van der Waals surface area contributed by atoms with Crippen LogP contribution in [0.1, 0.15) is 16.1 Å². The lowest BCUT2D eigenvalue weighted by molar-refractivity contribution is 0.0991. The van der Waals surface area contributed by atoms with Gasteiger partial charge in [0.05, 0.1) is 23.8 Å². The Morgan fingerprint density at radius 1 is 0.963 bits per heavy atom. The molecule has 4 aromatic rings. The molecule has 132 valence electrons. The zero-order valence-corrected chi connectivity index (χ0v) is 14.1. The number of para-hydroxylation sites is 1. The molecule has 1 N–H and O–H groups in total. The van der Waals surface area contributed by atoms with Crippen LogP contribution in [0, 0.1) is 0 Å². The number of fused-ring (bicyclic) bond motifs is 1. The summed E-state index contributed by atoms with van der Waals surface area (Å²) in [6.07, 6.45) is 1.18. The largest absolute Gasteiger partial charge is 0.318 e. The number of nitrogens with zero attached hydrogens (tertiary/aromatic N) is 3. The number of benzene rings is 2. The second kappa shape index (κ2) is 6.80. The number of hydrogen-bond donors (Lipinski definition) is 1. The monoisotopic (exact) mass is 358 g/mol. The van der Waals surface area contributed by atoms with Gasteiger partial charge < -0.3 is 4.98 Å². The van der Waals surface area contributed by atoms with Crippen LogP contribution in [0.5, 0.6) is 0 Å². The Kier molecular flexibility index (Phi) is 4.18. The summed E-state index contributed by atoms with van der Waals surface area (Å²) in [5.41, 5.74) is 0.375. The van der Waals surface area contributed by atoms with Gasteiger partial charge in [-0.3, -0.25) is 14.4 Å². The molecule has 0 saturated heterocycles. The van der Waals surface area contributed by atoms with E-state index in [0.717, 1.165) is 0 Å². The average molecular weight is 358 g/mol. The molecule has 2 heterocycles. The first kappa shape index (κ1) is 16.6. The molecule has 0 saturated carbocycles. The van der Waals surface area contributed by atoms with Gasteiger partial charge in [0.25, 0.3) is 11.1 Å². The van der Waals surface area contributed by atoms with E-state index in [-0.39, 0.29) is 28.9 Å². The Labute approximate surface area is 152 Å². The van der Waals surface area contributed by atoms with Crippen molar-refractivity contribution in [3.8, 4) is 5.69 Å². The molecule has 0 aliphatic heterocycles. The molecule has 0 unspecified atom stereocenters. The van der Waals surface area contributed by atoms with Gasteiger partial charge in [-0.25, -0.2) is 4.98 Å². The van der Waals surface area contributed by atoms with Crippen molar-refractivity contribution in [2.45, 2.75) is 6.42 Å². The molecule has 0 radical (unpaired) electrons. The molecule has 7 heteroatoms. The van der Waals surface area contributed by atoms with Crippen LogP contribution >= 0.6 is 0 Å². The number of H-pyrrole nitrogens is 1. The standard InChI is InChI=1S/C20H14N4O3/c25-17(13-7-3-1-4-8-13)11-15-19(26)23-16-12-21-24(20(27)18(16)22-15)14-9-5-2-6-10-14/h1-10,12H,11H2,(H,23,26). The van der Waals surface area contributed by atoms with Crippen molar-refractivity contribution in [1.82, 2.24) is 19.7 Å². The van der Waals surface area contributed by atoms with Crippen LogP contribution in [0.25, 0.3) is 16.7 Å². The van der Waals surface area contributed by atoms with E-state index in [1.165, 1.54) is 10.9 Å². The van der Waals surface area contributed by atoms with E-state index in [1.807, 2.05) is 6.07 Å². The highest BCUT2D eigenvalue weighted by atomic mass is 16.1. The third kappa shape index (κ3) is 3.18. The number of ketones is 1. The molecule has 2 aromatic heterocycles. The number of Topliss-reactive ketones (excluding diaryl/α,β-unsaturated/α-hetero) is 1. The summed E-state index contributed by atoms with van der Waals surface area (Å²) in [5.74, 6) is -0.245. The van der Waals surface area contributed by atoms with Crippen molar-refractivity contribution in [2.75, 3.05) is 0 Å². The maximum absolute atomic E-state index is 12.8. The average Bonchev–Trinajstić information content (AvgIpc) is 2.70. The number of hydrogen-bond acceptors (Lipinski definition) is 5. The number of nitrogens with one attached hydrogen (secondary N) is 1. The van der Waals surface area contributed by atoms with Crippen molar-refractivity contribution in [3.05, 3.63) is 98.8 Å². The Hall–Kier alpha value is -3.87. The molecular weight excluding hydrogens is 344 g/mol. The van der Waals surface area contributed by atoms with E-state index in [1.54, 1.807) is 54.6 Å². The van der Waals surface area contributed by atoms with Crippen LogP contribution in [-0.4, -0.2) is 25.5 Å². The molecule has 0 fully saturated rings. The Bertz CT molecular complexity index is 1250. The fourth-order valence-corrected chi connectivity index (χ4v) is 2.78. The van der Waals surface area contributed by atoms with Crippen LogP contribution in [0.4, 0.5) is 0 Å². The molecule has 0 aliphatic rings. The van der Waals surface area contributed by atoms with Gasteiger partial charge in [-0.05, 0) is 12.1 Å². The fraction of sp³-hybridized carbons (Fsp3) is 0.0500. The Morgan fingerprint density at radius 2 is 1.63 bits per heavy atom. The summed E-state index contributed by atoms with van der Waals surface area (Å²) in [5, 5.41) is 4.08. The minimum absolute atomic E-state index is 0.000681. The van der Waals surface area contributed by atoms with Crippen LogP contribution in [0.2, 0.25) is 0 Å². The molecular formula is C20H14N4O3. The molecule has 0 bridgehead atoms. The quantitative estimate of drug-likeness (QED) is 0.562. The highest BCUT2D eigenvalue weighted by molar-refractivity contribution is 5.97. The first-order valence-corrected chi connectivity index (χ1v) is 8.28. The molecule has 0 atom stereocenters. The molecule has 27 heavy (non-hydrogen) atoms. The predicted octanol–water partition coefficient (Wildman–Crippen LogP) is 1.89. The lowest BCUT2D eigenvalue weighted by atomic mass is 10.1. The number of carbonyl (C=O) groups excluding carboxylic acids is 1. The predicted molar refractivity (Wildman–Crippen MR) is 100 cm³/mol. The van der Waals surface area contributed by atoms with Crippen molar-refractivity contribution in [1.29, 1.82) is 0 Å². The molecule has 4 rings (SSSR count). The van der Waals surface area contributed by atoms with Gasteiger partial charge in [0, 0.05) is 5.56 Å². The first-order chi connectivity index (χ1) is 13.1. The maximum Gasteiger partial charge on any atom is 0.299 e. The molecule has 0 aliphatic carbocycles. The normalized spacial score (nSPS) is 10.8. The van der Waals surface area contributed by atoms with Gasteiger partial charge in [-0.1, -0.05) is 48.5 Å². The zero-order valence-electron chi connectivity index (χ0n) is 14.1. The Morgan fingerprint density at radius 3 is 2.33 bits per heavy atom. The summed E-state index contributed by atoms with van der Waals surface area (Å²) in [7, 11) is 0. The molecule has 2 aromatic carbocycles. The van der Waals surface area contributed by atoms with Crippen molar-refractivity contribution < 1.29 is 4.79 Å². The number of aromatic amines is 1. The minimum atomic E-state index is -0.509. The van der Waals surface area contributed by atoms with Crippen molar-refractivity contribution in [3.63, 3.8) is 0 Å². The van der Waals surface area contributed by atoms with E-state index >= 15 is 0 Å². The lowest BCUT2D eigenvalue weighted by Gasteiger charge is -2.06. The number of rotatable bonds is 4. The summed E-state index contributed by atoms with van der Waals surface area (Å²) < 4.78 is 1.20. The Balaban J connectivity index is 1.80. The highest BCUT2D eigenvalue weighted by Crippen LogP contribution is 2.07. The van der Waals surface area contributed by atoms with E-state index in [2.05, 4.69) is 15.1 Å². The molecule has 0 spiro atoms. The van der Waals surface area contributed by atoms with Crippen molar-refractivity contribution in [2.24, 2.45) is 0 Å². The number of aromatic nitrogens is 4. The first-order valence-electron chi connectivity index (χ1n) is 8.28. The maximum atomic E-state index is 12.8. The lowest BCUT2D eigenvalue weighted by Crippen LogP contribution is -2.26. The van der Waals surface area contributed by atoms with E-state index < -0.39 is 11.1 Å². The van der Waals surface area contributed by atoms with E-state index in [9.17, 15) is 14.4 Å². The van der Waals surface area contributed by atoms with Gasteiger partial charge in [0.1, 0.15) is 5.69 Å². The number of carbonyl (C=O) groups is 1. The summed E-state index contributed by atoms with van der Waals surface area (Å²) in [6, 6.07) is 17.5. The fourth-order valence-electron chi connectivity index (χ4n) is 2.78. The summed E-state index contributed by atoms with van der Waals surface area (Å²) in [6.45, 7) is 0. The van der Waals surface area contributed by atoms with E-state index in [4.69, 9.17) is 0 Å². The zero-order chi connectivity index (χ0) is 18.8. The topological polar surface area (TPSA) is 97.7 Å².